The van der Waals surface area contributed by atoms with E-state index in [4.69, 9.17) is 9.47 Å². The van der Waals surface area contributed by atoms with Crippen molar-refractivity contribution in [1.29, 1.82) is 0 Å². The highest BCUT2D eigenvalue weighted by atomic mass is 19.1. The maximum absolute atomic E-state index is 15.3. The molecule has 4 nitrogen and oxygen atoms in total. The van der Waals surface area contributed by atoms with Gasteiger partial charge in [0, 0.05) is 17.7 Å². The van der Waals surface area contributed by atoms with Crippen LogP contribution in [0, 0.1) is 5.82 Å². The smallest absolute Gasteiger partial charge is 0.333 e. The van der Waals surface area contributed by atoms with Gasteiger partial charge < -0.3 is 14.6 Å². The minimum atomic E-state index is -0.473. The van der Waals surface area contributed by atoms with Crippen LogP contribution in [0.2, 0.25) is 0 Å². The third-order valence-corrected chi connectivity index (χ3v) is 6.97. The normalized spacial score (nSPS) is 13.8. The van der Waals surface area contributed by atoms with E-state index in [1.807, 2.05) is 18.2 Å². The number of aliphatic hydroxyl groups is 1. The Morgan fingerprint density at radius 1 is 0.946 bits per heavy atom. The van der Waals surface area contributed by atoms with E-state index >= 15 is 4.39 Å². The molecule has 0 aromatic heterocycles. The monoisotopic (exact) mass is 502 g/mol. The molecule has 0 atom stereocenters. The van der Waals surface area contributed by atoms with E-state index in [1.165, 1.54) is 37.7 Å². The van der Waals surface area contributed by atoms with Crippen LogP contribution in [0.3, 0.4) is 0 Å². The first-order valence-electron chi connectivity index (χ1n) is 13.1. The second kappa shape index (κ2) is 12.7. The lowest BCUT2D eigenvalue weighted by Gasteiger charge is -2.22. The summed E-state index contributed by atoms with van der Waals surface area (Å²) < 4.78 is 26.2. The summed E-state index contributed by atoms with van der Waals surface area (Å²) in [6.45, 7) is 5.30. The van der Waals surface area contributed by atoms with Crippen LogP contribution in [0.4, 0.5) is 4.39 Å². The van der Waals surface area contributed by atoms with E-state index in [-0.39, 0.29) is 25.6 Å². The van der Waals surface area contributed by atoms with Gasteiger partial charge in [-0.2, -0.15) is 0 Å². The first-order valence-corrected chi connectivity index (χ1v) is 13.1. The molecule has 1 saturated carbocycles. The Bertz CT molecular complexity index is 1230. The molecule has 37 heavy (non-hydrogen) atoms. The molecule has 0 bridgehead atoms. The van der Waals surface area contributed by atoms with Crippen molar-refractivity contribution >= 4 is 5.97 Å². The summed E-state index contributed by atoms with van der Waals surface area (Å²) in [7, 11) is 0. The standard InChI is InChI=1S/C32H35FO4/c1-22(2)32(35)37-19-18-36-31-21-28(13-12-26(31)16-17-34)29-15-14-27(20-30(29)33)25-10-8-24(9-11-25)23-6-4-3-5-7-23/h8-15,20-21,23,34H,1,3-7,16-19H2,2H3. The predicted octanol–water partition coefficient (Wildman–Crippen LogP) is 7.24. The van der Waals surface area contributed by atoms with E-state index in [2.05, 4.69) is 30.8 Å². The number of hydrogen-bond donors (Lipinski definition) is 1. The average molecular weight is 503 g/mol. The number of halogens is 1. The molecular weight excluding hydrogens is 467 g/mol. The van der Waals surface area contributed by atoms with Gasteiger partial charge in [-0.3, -0.25) is 0 Å². The quantitative estimate of drug-likeness (QED) is 0.180. The summed E-state index contributed by atoms with van der Waals surface area (Å²) in [6.07, 6.45) is 6.85. The Hall–Kier alpha value is -3.44. The summed E-state index contributed by atoms with van der Waals surface area (Å²) in [5, 5.41) is 9.42. The minimum absolute atomic E-state index is 0.0387. The van der Waals surface area contributed by atoms with Gasteiger partial charge in [-0.25, -0.2) is 9.18 Å². The molecule has 0 radical (unpaired) electrons. The van der Waals surface area contributed by atoms with Gasteiger partial charge in [0.25, 0.3) is 0 Å². The second-order valence-corrected chi connectivity index (χ2v) is 9.71. The van der Waals surface area contributed by atoms with Gasteiger partial charge in [0.2, 0.25) is 0 Å². The molecule has 3 aromatic rings. The van der Waals surface area contributed by atoms with Gasteiger partial charge in [0.15, 0.2) is 0 Å². The van der Waals surface area contributed by atoms with Crippen molar-refractivity contribution < 1.29 is 23.8 Å². The van der Waals surface area contributed by atoms with Crippen LogP contribution < -0.4 is 4.74 Å². The molecule has 0 saturated heterocycles. The number of carbonyl (C=O) groups is 1. The van der Waals surface area contributed by atoms with E-state index < -0.39 is 5.97 Å². The lowest BCUT2D eigenvalue weighted by molar-refractivity contribution is -0.139. The Kier molecular flexibility index (Phi) is 9.13. The highest BCUT2D eigenvalue weighted by Gasteiger charge is 2.16. The summed E-state index contributed by atoms with van der Waals surface area (Å²) in [5.74, 6) is 0.383. The molecule has 0 amide bonds. The molecule has 194 valence electrons. The second-order valence-electron chi connectivity index (χ2n) is 9.71. The lowest BCUT2D eigenvalue weighted by atomic mass is 9.83. The first-order chi connectivity index (χ1) is 18.0. The Labute approximate surface area is 218 Å². The largest absolute Gasteiger partial charge is 0.490 e. The topological polar surface area (TPSA) is 55.8 Å². The van der Waals surface area contributed by atoms with Gasteiger partial charge in [0.1, 0.15) is 24.8 Å². The molecular formula is C32H35FO4. The molecule has 1 aliphatic carbocycles. The molecule has 1 N–H and O–H groups in total. The third kappa shape index (κ3) is 6.86. The molecule has 1 fully saturated rings. The minimum Gasteiger partial charge on any atom is -0.490 e. The summed E-state index contributed by atoms with van der Waals surface area (Å²) in [4.78, 5) is 11.6. The van der Waals surface area contributed by atoms with E-state index in [0.29, 0.717) is 34.8 Å². The van der Waals surface area contributed by atoms with Crippen molar-refractivity contribution in [1.82, 2.24) is 0 Å². The number of hydrogen-bond acceptors (Lipinski definition) is 4. The van der Waals surface area contributed by atoms with Crippen LogP contribution >= 0.6 is 0 Å². The fourth-order valence-corrected chi connectivity index (χ4v) is 4.91. The first kappa shape index (κ1) is 26.6. The van der Waals surface area contributed by atoms with E-state index in [1.54, 1.807) is 25.1 Å². The van der Waals surface area contributed by atoms with E-state index in [0.717, 1.165) is 16.7 Å². The maximum atomic E-state index is 15.3. The zero-order valence-electron chi connectivity index (χ0n) is 21.5. The Balaban J connectivity index is 1.49. The van der Waals surface area contributed by atoms with Crippen molar-refractivity contribution in [3.05, 3.63) is 89.8 Å². The van der Waals surface area contributed by atoms with Crippen LogP contribution in [0.1, 0.15) is 56.1 Å². The van der Waals surface area contributed by atoms with Crippen LogP contribution in [-0.4, -0.2) is 30.9 Å². The number of aliphatic hydroxyl groups excluding tert-OH is 1. The van der Waals surface area contributed by atoms with Crippen LogP contribution in [0.5, 0.6) is 5.75 Å². The van der Waals surface area contributed by atoms with Gasteiger partial charge in [-0.1, -0.05) is 74.4 Å². The molecule has 4 rings (SSSR count). The maximum Gasteiger partial charge on any atom is 0.333 e. The molecule has 0 unspecified atom stereocenters. The molecule has 3 aromatic carbocycles. The number of rotatable bonds is 10. The fourth-order valence-electron chi connectivity index (χ4n) is 4.91. The zero-order chi connectivity index (χ0) is 26.2. The predicted molar refractivity (Wildman–Crippen MR) is 145 cm³/mol. The van der Waals surface area contributed by atoms with Crippen molar-refractivity contribution in [2.45, 2.75) is 51.4 Å². The van der Waals surface area contributed by atoms with Gasteiger partial charge in [-0.05, 0) is 72.1 Å². The molecule has 1 aliphatic rings. The Morgan fingerprint density at radius 2 is 1.65 bits per heavy atom. The van der Waals surface area contributed by atoms with Gasteiger partial charge >= 0.3 is 5.97 Å². The van der Waals surface area contributed by atoms with Crippen LogP contribution in [0.15, 0.2) is 72.8 Å². The Morgan fingerprint density at radius 3 is 2.32 bits per heavy atom. The highest BCUT2D eigenvalue weighted by molar-refractivity contribution is 5.86. The molecule has 0 spiro atoms. The lowest BCUT2D eigenvalue weighted by Crippen LogP contribution is -2.13. The molecule has 5 heteroatoms. The molecule has 0 aliphatic heterocycles. The van der Waals surface area contributed by atoms with Crippen molar-refractivity contribution in [3.63, 3.8) is 0 Å². The SMILES string of the molecule is C=C(C)C(=O)OCCOc1cc(-c2ccc(-c3ccc(C4CCCCC4)cc3)cc2F)ccc1CCO. The third-order valence-electron chi connectivity index (χ3n) is 6.97. The van der Waals surface area contributed by atoms with Crippen LogP contribution in [-0.2, 0) is 16.0 Å². The number of carbonyl (C=O) groups excluding carboxylic acids is 1. The van der Waals surface area contributed by atoms with Crippen molar-refractivity contribution in [2.75, 3.05) is 19.8 Å². The molecule has 0 heterocycles. The summed E-state index contributed by atoms with van der Waals surface area (Å²) >= 11 is 0. The zero-order valence-corrected chi connectivity index (χ0v) is 21.5. The summed E-state index contributed by atoms with van der Waals surface area (Å²) in [6, 6.07) is 19.3. The fraction of sp³-hybridized carbons (Fsp3) is 0.344. The van der Waals surface area contributed by atoms with Gasteiger partial charge in [0.05, 0.1) is 0 Å². The van der Waals surface area contributed by atoms with Crippen LogP contribution in [0.25, 0.3) is 22.3 Å². The average Bonchev–Trinajstić information content (AvgIpc) is 2.92. The van der Waals surface area contributed by atoms with Crippen molar-refractivity contribution in [3.8, 4) is 28.0 Å². The number of benzene rings is 3. The number of esters is 1. The summed E-state index contributed by atoms with van der Waals surface area (Å²) in [5.41, 5.74) is 5.48. The van der Waals surface area contributed by atoms with Gasteiger partial charge in [-0.15, -0.1) is 0 Å². The van der Waals surface area contributed by atoms with E-state index in [9.17, 15) is 9.90 Å². The van der Waals surface area contributed by atoms with Crippen molar-refractivity contribution in [2.24, 2.45) is 0 Å². The highest BCUT2D eigenvalue weighted by Crippen LogP contribution is 2.35. The number of ether oxygens (including phenoxy) is 2.